The Bertz CT molecular complexity index is 1390. The first kappa shape index (κ1) is 22.6. The molecule has 32 heavy (non-hydrogen) atoms. The Kier molecular flexibility index (Phi) is 6.63. The number of nitrogens with one attached hydrogen (secondary N) is 1. The molecular formula is C22H19N5O4S. The molecule has 2 N–H and O–H groups in total. The second-order valence-corrected chi connectivity index (χ2v) is 8.36. The summed E-state index contributed by atoms with van der Waals surface area (Å²) in [5.41, 5.74) is -0.0374. The third kappa shape index (κ3) is 4.49. The number of aromatic nitrogens is 1. The highest BCUT2D eigenvalue weighted by atomic mass is 32.2. The molecule has 3 aromatic rings. The van der Waals surface area contributed by atoms with Gasteiger partial charge in [-0.3, -0.25) is 4.79 Å². The van der Waals surface area contributed by atoms with E-state index in [1.807, 2.05) is 6.07 Å². The highest BCUT2D eigenvalue weighted by molar-refractivity contribution is 7.89. The fourth-order valence-corrected chi connectivity index (χ4v) is 3.88. The maximum atomic E-state index is 12.7. The standard InChI is InChI=1S/C22H19N5O4S/c1-3-13-24-32(30,31)18-11-9-16(10-12-18)25-26-20-15(2)19(14-23)21(28)27(22(20)29)17-7-5-4-6-8-17/h3-12,24,29H,1,13H2,2H3. The first-order chi connectivity index (χ1) is 15.3. The lowest BCUT2D eigenvalue weighted by atomic mass is 10.1. The van der Waals surface area contributed by atoms with E-state index in [9.17, 15) is 23.6 Å². The van der Waals surface area contributed by atoms with E-state index >= 15 is 0 Å². The van der Waals surface area contributed by atoms with Crippen molar-refractivity contribution in [3.05, 3.63) is 88.7 Å². The number of rotatable bonds is 7. The molecule has 2 aromatic carbocycles. The molecule has 0 aliphatic heterocycles. The van der Waals surface area contributed by atoms with Crippen LogP contribution < -0.4 is 10.3 Å². The Labute approximate surface area is 184 Å². The Morgan fingerprint density at radius 1 is 1.16 bits per heavy atom. The Balaban J connectivity index is 2.03. The zero-order valence-corrected chi connectivity index (χ0v) is 17.9. The molecule has 0 fully saturated rings. The molecule has 0 saturated carbocycles. The number of aromatic hydroxyl groups is 1. The molecule has 162 valence electrons. The van der Waals surface area contributed by atoms with Gasteiger partial charge in [0.1, 0.15) is 11.6 Å². The number of nitrogens with zero attached hydrogens (tertiary/aromatic N) is 4. The summed E-state index contributed by atoms with van der Waals surface area (Å²) in [7, 11) is -3.68. The molecule has 0 atom stereocenters. The van der Waals surface area contributed by atoms with Gasteiger partial charge in [-0.15, -0.1) is 11.7 Å². The van der Waals surface area contributed by atoms with Crippen molar-refractivity contribution in [2.24, 2.45) is 10.2 Å². The quantitative estimate of drug-likeness (QED) is 0.419. The summed E-state index contributed by atoms with van der Waals surface area (Å²) in [6, 6.07) is 15.8. The van der Waals surface area contributed by atoms with E-state index in [0.717, 1.165) is 4.57 Å². The molecule has 1 heterocycles. The predicted octanol–water partition coefficient (Wildman–Crippen LogP) is 3.60. The van der Waals surface area contributed by atoms with Crippen LogP contribution in [-0.2, 0) is 10.0 Å². The smallest absolute Gasteiger partial charge is 0.276 e. The molecule has 0 amide bonds. The van der Waals surface area contributed by atoms with Crippen LogP contribution in [0.2, 0.25) is 0 Å². The summed E-state index contributed by atoms with van der Waals surface area (Å²) in [5, 5.41) is 28.3. The Morgan fingerprint density at radius 3 is 2.41 bits per heavy atom. The molecule has 0 aliphatic carbocycles. The average Bonchev–Trinajstić information content (AvgIpc) is 2.79. The average molecular weight is 449 g/mol. The van der Waals surface area contributed by atoms with Gasteiger partial charge in [-0.05, 0) is 43.3 Å². The summed E-state index contributed by atoms with van der Waals surface area (Å²) in [6.45, 7) is 5.05. The zero-order chi connectivity index (χ0) is 23.3. The van der Waals surface area contributed by atoms with Crippen LogP contribution >= 0.6 is 0 Å². The molecule has 0 radical (unpaired) electrons. The number of hydrogen-bond donors (Lipinski definition) is 2. The van der Waals surface area contributed by atoms with Crippen molar-refractivity contribution in [1.82, 2.24) is 9.29 Å². The number of hydrogen-bond acceptors (Lipinski definition) is 7. The SMILES string of the molecule is C=CCNS(=O)(=O)c1ccc(N=Nc2c(C)c(C#N)c(=O)n(-c3ccccc3)c2O)cc1. The lowest BCUT2D eigenvalue weighted by Gasteiger charge is -2.13. The first-order valence-electron chi connectivity index (χ1n) is 9.36. The lowest BCUT2D eigenvalue weighted by Crippen LogP contribution is -2.23. The largest absolute Gasteiger partial charge is 0.493 e. The van der Waals surface area contributed by atoms with Gasteiger partial charge in [-0.2, -0.15) is 10.4 Å². The topological polar surface area (TPSA) is 137 Å². The third-order valence-corrected chi connectivity index (χ3v) is 5.97. The fourth-order valence-electron chi connectivity index (χ4n) is 2.88. The summed E-state index contributed by atoms with van der Waals surface area (Å²) in [5.74, 6) is -0.464. The minimum absolute atomic E-state index is 0.0433. The van der Waals surface area contributed by atoms with Crippen LogP contribution in [-0.4, -0.2) is 24.6 Å². The van der Waals surface area contributed by atoms with Crippen molar-refractivity contribution in [1.29, 1.82) is 5.26 Å². The second-order valence-electron chi connectivity index (χ2n) is 6.59. The summed E-state index contributed by atoms with van der Waals surface area (Å²) in [6.07, 6.45) is 1.43. The van der Waals surface area contributed by atoms with E-state index in [4.69, 9.17) is 0 Å². The van der Waals surface area contributed by atoms with E-state index in [1.54, 1.807) is 30.3 Å². The molecule has 0 spiro atoms. The summed E-state index contributed by atoms with van der Waals surface area (Å²) in [4.78, 5) is 12.8. The Hall–Kier alpha value is -4.07. The van der Waals surface area contributed by atoms with Crippen molar-refractivity contribution in [3.8, 4) is 17.6 Å². The maximum Gasteiger partial charge on any atom is 0.276 e. The highest BCUT2D eigenvalue weighted by Crippen LogP contribution is 2.33. The monoisotopic (exact) mass is 449 g/mol. The van der Waals surface area contributed by atoms with Crippen molar-refractivity contribution in [3.63, 3.8) is 0 Å². The number of para-hydroxylation sites is 1. The van der Waals surface area contributed by atoms with Crippen LogP contribution in [0.15, 0.2) is 87.2 Å². The highest BCUT2D eigenvalue weighted by Gasteiger charge is 2.20. The normalized spacial score (nSPS) is 11.4. The number of benzene rings is 2. The van der Waals surface area contributed by atoms with Crippen LogP contribution in [0.1, 0.15) is 11.1 Å². The van der Waals surface area contributed by atoms with E-state index in [-0.39, 0.29) is 28.3 Å². The van der Waals surface area contributed by atoms with Crippen molar-refractivity contribution in [2.75, 3.05) is 6.54 Å². The van der Waals surface area contributed by atoms with Gasteiger partial charge in [0.25, 0.3) is 5.56 Å². The van der Waals surface area contributed by atoms with Crippen LogP contribution in [0, 0.1) is 18.3 Å². The molecule has 0 bridgehead atoms. The number of pyridine rings is 1. The predicted molar refractivity (Wildman–Crippen MR) is 119 cm³/mol. The van der Waals surface area contributed by atoms with Gasteiger partial charge >= 0.3 is 0 Å². The molecule has 3 rings (SSSR count). The lowest BCUT2D eigenvalue weighted by molar-refractivity contribution is 0.436. The van der Waals surface area contributed by atoms with E-state index in [1.165, 1.54) is 37.3 Å². The molecule has 10 heteroatoms. The molecule has 0 saturated heterocycles. The van der Waals surface area contributed by atoms with E-state index in [2.05, 4.69) is 21.5 Å². The van der Waals surface area contributed by atoms with Gasteiger partial charge in [0, 0.05) is 12.1 Å². The molecule has 9 nitrogen and oxygen atoms in total. The first-order valence-corrected chi connectivity index (χ1v) is 10.8. The Morgan fingerprint density at radius 2 is 1.81 bits per heavy atom. The number of nitriles is 1. The van der Waals surface area contributed by atoms with Gasteiger partial charge in [0.05, 0.1) is 16.3 Å². The van der Waals surface area contributed by atoms with Gasteiger partial charge in [0.2, 0.25) is 15.9 Å². The van der Waals surface area contributed by atoms with Gasteiger partial charge < -0.3 is 5.11 Å². The fraction of sp³-hybridized carbons (Fsp3) is 0.0909. The van der Waals surface area contributed by atoms with E-state index in [0.29, 0.717) is 11.4 Å². The minimum Gasteiger partial charge on any atom is -0.493 e. The third-order valence-electron chi connectivity index (χ3n) is 4.53. The molecule has 0 unspecified atom stereocenters. The number of azo groups is 1. The summed E-state index contributed by atoms with van der Waals surface area (Å²) < 4.78 is 27.6. The van der Waals surface area contributed by atoms with Gasteiger partial charge in [0.15, 0.2) is 5.69 Å². The molecular weight excluding hydrogens is 430 g/mol. The van der Waals surface area contributed by atoms with E-state index < -0.39 is 21.5 Å². The van der Waals surface area contributed by atoms with Crippen molar-refractivity contribution in [2.45, 2.75) is 11.8 Å². The van der Waals surface area contributed by atoms with Crippen molar-refractivity contribution >= 4 is 21.4 Å². The zero-order valence-electron chi connectivity index (χ0n) is 17.1. The second kappa shape index (κ2) is 9.38. The van der Waals surface area contributed by atoms with Gasteiger partial charge in [-0.1, -0.05) is 24.3 Å². The minimum atomic E-state index is -3.68. The molecule has 0 aliphatic rings. The van der Waals surface area contributed by atoms with Crippen LogP contribution in [0.5, 0.6) is 5.88 Å². The van der Waals surface area contributed by atoms with Gasteiger partial charge in [-0.25, -0.2) is 17.7 Å². The molecule has 1 aromatic heterocycles. The van der Waals surface area contributed by atoms with Crippen LogP contribution in [0.3, 0.4) is 0 Å². The van der Waals surface area contributed by atoms with Crippen LogP contribution in [0.25, 0.3) is 5.69 Å². The summed E-state index contributed by atoms with van der Waals surface area (Å²) >= 11 is 0. The number of sulfonamides is 1. The maximum absolute atomic E-state index is 12.7. The van der Waals surface area contributed by atoms with Crippen LogP contribution in [0.4, 0.5) is 11.4 Å². The van der Waals surface area contributed by atoms with Crippen molar-refractivity contribution < 1.29 is 13.5 Å².